The van der Waals surface area contributed by atoms with Crippen LogP contribution in [0.25, 0.3) is 0 Å². The number of cyclic esters (lactones) is 1. The summed E-state index contributed by atoms with van der Waals surface area (Å²) in [5.41, 5.74) is 1.65. The Morgan fingerprint density at radius 2 is 1.95 bits per heavy atom. The second kappa shape index (κ2) is 10.9. The van der Waals surface area contributed by atoms with Gasteiger partial charge in [0.1, 0.15) is 6.61 Å². The number of fused-ring (bicyclic) bond motifs is 3. The largest absolute Gasteiger partial charge is 0.447 e. The third-order valence-corrected chi connectivity index (χ3v) is 12.0. The first-order chi connectivity index (χ1) is 20.5. The van der Waals surface area contributed by atoms with Crippen LogP contribution in [-0.4, -0.2) is 74.8 Å². The smallest absolute Gasteiger partial charge is 0.414 e. The lowest BCUT2D eigenvalue weighted by atomic mass is 9.82. The number of carbonyl (C=O) groups is 3. The third-order valence-electron chi connectivity index (χ3n) is 9.59. The van der Waals surface area contributed by atoms with E-state index >= 15 is 4.11 Å². The standard InChI is InChI=1S/C32H38FN3O6Si/c1-5-12-35-26-11-10-23(34-13-14-41-31(34)40)16-25(26)32(30(35)39)20(2)29(43(3,4)33)27(42-32)17-28(38)36-18-22-9-7-6-8-21(22)15-24(36)19-37/h5-11,16,20,24,27,29,37H,1,12-15,17-19H2,2-4H3/t20-,24-,27+,29-,32+/m0/s1. The summed E-state index contributed by atoms with van der Waals surface area (Å²) in [5, 5.41) is 10.2. The van der Waals surface area contributed by atoms with Crippen LogP contribution in [0.3, 0.4) is 0 Å². The van der Waals surface area contributed by atoms with Crippen molar-refractivity contribution in [2.24, 2.45) is 5.92 Å². The minimum Gasteiger partial charge on any atom is -0.447 e. The molecule has 43 heavy (non-hydrogen) atoms. The van der Waals surface area contributed by atoms with Gasteiger partial charge >= 0.3 is 6.09 Å². The Kier molecular flexibility index (Phi) is 7.46. The summed E-state index contributed by atoms with van der Waals surface area (Å²) >= 11 is 0. The van der Waals surface area contributed by atoms with E-state index in [1.807, 2.05) is 31.2 Å². The van der Waals surface area contributed by atoms with Gasteiger partial charge in [0.25, 0.3) is 5.91 Å². The van der Waals surface area contributed by atoms with E-state index in [-0.39, 0.29) is 38.0 Å². The molecule has 0 aliphatic carbocycles. The summed E-state index contributed by atoms with van der Waals surface area (Å²) in [6.07, 6.45) is 0.717. The molecule has 0 bridgehead atoms. The van der Waals surface area contributed by atoms with Crippen LogP contribution in [0, 0.1) is 5.92 Å². The van der Waals surface area contributed by atoms with Crippen molar-refractivity contribution in [3.8, 4) is 0 Å². The number of carbonyl (C=O) groups excluding carboxylic acids is 3. The van der Waals surface area contributed by atoms with Gasteiger partial charge in [-0.1, -0.05) is 37.3 Å². The van der Waals surface area contributed by atoms with Gasteiger partial charge < -0.3 is 28.5 Å². The van der Waals surface area contributed by atoms with E-state index in [1.54, 1.807) is 47.2 Å². The number of hydrogen-bond acceptors (Lipinski definition) is 6. The predicted molar refractivity (Wildman–Crippen MR) is 162 cm³/mol. The zero-order valence-electron chi connectivity index (χ0n) is 24.8. The molecule has 6 rings (SSSR count). The van der Waals surface area contributed by atoms with Gasteiger partial charge in [0.05, 0.1) is 37.4 Å². The molecule has 1 spiro atoms. The highest BCUT2D eigenvalue weighted by molar-refractivity contribution is 6.72. The van der Waals surface area contributed by atoms with Crippen LogP contribution in [0.2, 0.25) is 18.6 Å². The molecule has 4 aliphatic heterocycles. The molecule has 0 unspecified atom stereocenters. The molecule has 0 aromatic heterocycles. The highest BCUT2D eigenvalue weighted by atomic mass is 28.4. The number of aliphatic hydroxyl groups is 1. The van der Waals surface area contributed by atoms with Crippen molar-refractivity contribution in [1.82, 2.24) is 4.90 Å². The number of amides is 3. The summed E-state index contributed by atoms with van der Waals surface area (Å²) in [6, 6.07) is 12.8. The molecule has 0 radical (unpaired) electrons. The summed E-state index contributed by atoms with van der Waals surface area (Å²) in [5.74, 6) is -1.16. The average Bonchev–Trinajstić information content (AvgIpc) is 3.61. The van der Waals surface area contributed by atoms with Crippen molar-refractivity contribution in [3.05, 3.63) is 71.8 Å². The quantitative estimate of drug-likeness (QED) is 0.287. The molecule has 4 heterocycles. The van der Waals surface area contributed by atoms with Crippen LogP contribution in [0.4, 0.5) is 20.3 Å². The van der Waals surface area contributed by atoms with Crippen LogP contribution >= 0.6 is 0 Å². The van der Waals surface area contributed by atoms with Crippen molar-refractivity contribution in [2.45, 2.75) is 62.7 Å². The molecule has 9 nitrogen and oxygen atoms in total. The summed E-state index contributed by atoms with van der Waals surface area (Å²) in [7, 11) is -3.51. The third kappa shape index (κ3) is 4.68. The number of benzene rings is 2. The predicted octanol–water partition coefficient (Wildman–Crippen LogP) is 4.29. The number of anilines is 2. The van der Waals surface area contributed by atoms with E-state index in [0.717, 1.165) is 11.1 Å². The minimum atomic E-state index is -3.51. The first kappa shape index (κ1) is 29.5. The second-order valence-electron chi connectivity index (χ2n) is 12.5. The number of nitrogens with zero attached hydrogens (tertiary/aromatic N) is 3. The summed E-state index contributed by atoms with van der Waals surface area (Å²) in [6.45, 7) is 9.88. The molecule has 2 aromatic carbocycles. The maximum atomic E-state index is 16.3. The maximum absolute atomic E-state index is 16.3. The fourth-order valence-electron chi connectivity index (χ4n) is 7.67. The highest BCUT2D eigenvalue weighted by Gasteiger charge is 2.67. The number of halogens is 1. The lowest BCUT2D eigenvalue weighted by Gasteiger charge is -2.37. The van der Waals surface area contributed by atoms with Crippen molar-refractivity contribution >= 4 is 37.7 Å². The van der Waals surface area contributed by atoms with E-state index in [0.29, 0.717) is 36.4 Å². The summed E-state index contributed by atoms with van der Waals surface area (Å²) in [4.78, 5) is 45.4. The molecule has 3 amide bonds. The van der Waals surface area contributed by atoms with Gasteiger partial charge in [-0.15, -0.1) is 6.58 Å². The number of ether oxygens (including phenoxy) is 2. The van der Waals surface area contributed by atoms with Gasteiger partial charge in [0, 0.05) is 35.8 Å². The molecule has 228 valence electrons. The fourth-order valence-corrected chi connectivity index (χ4v) is 10.2. The Hall–Kier alpha value is -3.54. The zero-order valence-corrected chi connectivity index (χ0v) is 25.8. The fraction of sp³-hybridized carbons (Fsp3) is 0.469. The lowest BCUT2D eigenvalue weighted by Crippen LogP contribution is -2.48. The monoisotopic (exact) mass is 607 g/mol. The SMILES string of the molecule is C=CCN1C(=O)[C@]2(O[C@H](CC(=O)N3Cc4ccccc4C[C@H]3CO)[C@@H]([Si](C)(C)F)[C@@H]2C)c2cc(N3CCOC3=O)ccc21. The number of hydrogen-bond donors (Lipinski definition) is 1. The minimum absolute atomic E-state index is 0.113. The van der Waals surface area contributed by atoms with Gasteiger partial charge in [0.2, 0.25) is 14.3 Å². The number of rotatable bonds is 7. The second-order valence-corrected chi connectivity index (χ2v) is 16.3. The molecule has 4 aliphatic rings. The molecule has 2 aromatic rings. The van der Waals surface area contributed by atoms with Crippen molar-refractivity contribution in [3.63, 3.8) is 0 Å². The molecule has 1 N–H and O–H groups in total. The molecule has 11 heteroatoms. The Bertz CT molecular complexity index is 1480. The Labute approximate surface area is 252 Å². The molecule has 2 fully saturated rings. The molecular weight excluding hydrogens is 569 g/mol. The highest BCUT2D eigenvalue weighted by Crippen LogP contribution is 2.60. The topological polar surface area (TPSA) is 99.6 Å². The van der Waals surface area contributed by atoms with Crippen LogP contribution in [0.5, 0.6) is 0 Å². The van der Waals surface area contributed by atoms with Gasteiger partial charge in [-0.05, 0) is 48.8 Å². The van der Waals surface area contributed by atoms with Gasteiger partial charge in [-0.2, -0.15) is 0 Å². The van der Waals surface area contributed by atoms with Crippen LogP contribution in [-0.2, 0) is 37.6 Å². The van der Waals surface area contributed by atoms with Crippen molar-refractivity contribution in [2.75, 3.05) is 36.1 Å². The average molecular weight is 608 g/mol. The van der Waals surface area contributed by atoms with Gasteiger partial charge in [0.15, 0.2) is 5.60 Å². The number of aliphatic hydroxyl groups excluding tert-OH is 1. The lowest BCUT2D eigenvalue weighted by molar-refractivity contribution is -0.150. The van der Waals surface area contributed by atoms with E-state index < -0.39 is 43.7 Å². The first-order valence-corrected chi connectivity index (χ1v) is 17.8. The van der Waals surface area contributed by atoms with Gasteiger partial charge in [-0.3, -0.25) is 14.5 Å². The molecule has 5 atom stereocenters. The van der Waals surface area contributed by atoms with Crippen molar-refractivity contribution < 1.29 is 33.1 Å². The normalized spacial score (nSPS) is 28.3. The zero-order chi connectivity index (χ0) is 30.7. The maximum Gasteiger partial charge on any atom is 0.414 e. The van der Waals surface area contributed by atoms with Crippen molar-refractivity contribution in [1.29, 1.82) is 0 Å². The molecule has 2 saturated heterocycles. The van der Waals surface area contributed by atoms with E-state index in [2.05, 4.69) is 6.58 Å². The Morgan fingerprint density at radius 3 is 2.60 bits per heavy atom. The van der Waals surface area contributed by atoms with Gasteiger partial charge in [-0.25, -0.2) is 4.79 Å². The van der Waals surface area contributed by atoms with E-state index in [9.17, 15) is 19.5 Å². The Morgan fingerprint density at radius 1 is 1.21 bits per heavy atom. The van der Waals surface area contributed by atoms with Crippen LogP contribution in [0.15, 0.2) is 55.1 Å². The van der Waals surface area contributed by atoms with E-state index in [1.165, 1.54) is 4.90 Å². The first-order valence-electron chi connectivity index (χ1n) is 14.9. The summed E-state index contributed by atoms with van der Waals surface area (Å²) < 4.78 is 28.2. The van der Waals surface area contributed by atoms with E-state index in [4.69, 9.17) is 9.47 Å². The molecular formula is C32H38FN3O6Si. The molecule has 0 saturated carbocycles. The van der Waals surface area contributed by atoms with Crippen LogP contribution < -0.4 is 9.80 Å². The Balaban J connectivity index is 1.38. The van der Waals surface area contributed by atoms with Crippen LogP contribution in [0.1, 0.15) is 30.0 Å².